The minimum Gasteiger partial charge on any atom is -0.386 e. The summed E-state index contributed by atoms with van der Waals surface area (Å²) in [7, 11) is -4.03. The maximum Gasteiger partial charge on any atom is 0.267 e. The maximum absolute atomic E-state index is 10.4. The van der Waals surface area contributed by atoms with E-state index in [0.717, 1.165) is 0 Å². The lowest BCUT2D eigenvalue weighted by molar-refractivity contribution is 0.471. The number of hydrogen-bond donors (Lipinski definition) is 2. The van der Waals surface area contributed by atoms with Crippen LogP contribution in [0.3, 0.4) is 0 Å². The van der Waals surface area contributed by atoms with E-state index in [-0.39, 0.29) is 12.3 Å². The molecule has 0 saturated carbocycles. The molecule has 1 unspecified atom stereocenters. The molecule has 3 N–H and O–H groups in total. The second-order valence-corrected chi connectivity index (χ2v) is 4.11. The number of hydrogen-bond acceptors (Lipinski definition) is 3. The zero-order chi connectivity index (χ0) is 9.07. The second kappa shape index (κ2) is 3.89. The summed E-state index contributed by atoms with van der Waals surface area (Å²) in [4.78, 5) is 0. The summed E-state index contributed by atoms with van der Waals surface area (Å²) < 4.78 is 32.3. The number of nitrogens with zero attached hydrogens (tertiary/aromatic N) is 1. The molecule has 0 spiro atoms. The molecule has 0 amide bonds. The van der Waals surface area contributed by atoms with Gasteiger partial charge in [0.05, 0.1) is 5.25 Å². The van der Waals surface area contributed by atoms with Crippen molar-refractivity contribution in [2.24, 2.45) is 10.2 Å². The summed E-state index contributed by atoms with van der Waals surface area (Å²) in [6.07, 6.45) is -0.0671. The Morgan fingerprint density at radius 2 is 2.27 bits per heavy atom. The molecule has 0 heterocycles. The predicted octanol–water partition coefficient (Wildman–Crippen LogP) is 0.164. The Morgan fingerprint density at radius 1 is 1.82 bits per heavy atom. The molecule has 1 atom stereocenters. The highest BCUT2D eigenvalue weighted by atomic mass is 35.5. The molecule has 0 aromatic carbocycles. The molecule has 0 aromatic heterocycles. The van der Waals surface area contributed by atoms with Crippen LogP contribution < -0.4 is 5.73 Å². The van der Waals surface area contributed by atoms with Crippen LogP contribution in [0.4, 0.5) is 0 Å². The third kappa shape index (κ3) is 4.18. The van der Waals surface area contributed by atoms with E-state index in [1.165, 1.54) is 6.92 Å². The quantitative estimate of drug-likeness (QED) is 0.386. The molecular weight excluding hydrogens is 192 g/mol. The minimum atomic E-state index is -4.03. The van der Waals surface area contributed by atoms with E-state index in [4.69, 9.17) is 22.1 Å². The zero-order valence-electron chi connectivity index (χ0n) is 5.86. The van der Waals surface area contributed by atoms with Crippen molar-refractivity contribution < 1.29 is 13.0 Å². The number of amidine groups is 1. The smallest absolute Gasteiger partial charge is 0.267 e. The molecular formula is C4H9ClN2O3S. The van der Waals surface area contributed by atoms with Crippen LogP contribution in [0.15, 0.2) is 4.51 Å². The molecule has 0 bridgehead atoms. The second-order valence-electron chi connectivity index (χ2n) is 2.11. The Morgan fingerprint density at radius 3 is 2.55 bits per heavy atom. The summed E-state index contributed by atoms with van der Waals surface area (Å²) in [6, 6.07) is 0. The SMILES string of the molecule is CC(CC(N)=NCl)S(=O)(=O)O. The van der Waals surface area contributed by atoms with Gasteiger partial charge < -0.3 is 5.73 Å². The summed E-state index contributed by atoms with van der Waals surface area (Å²) in [5, 5.41) is -0.968. The van der Waals surface area contributed by atoms with E-state index in [2.05, 4.69) is 4.51 Å². The van der Waals surface area contributed by atoms with Gasteiger partial charge in [-0.05, 0) is 6.92 Å². The third-order valence-electron chi connectivity index (χ3n) is 1.11. The Labute approximate surface area is 70.1 Å². The Bertz CT molecular complexity index is 248. The van der Waals surface area contributed by atoms with Gasteiger partial charge in [-0.3, -0.25) is 4.55 Å². The van der Waals surface area contributed by atoms with Crippen LogP contribution in [-0.2, 0) is 10.1 Å². The number of rotatable bonds is 3. The largest absolute Gasteiger partial charge is 0.386 e. The monoisotopic (exact) mass is 200 g/mol. The van der Waals surface area contributed by atoms with Crippen molar-refractivity contribution in [3.63, 3.8) is 0 Å². The average Bonchev–Trinajstić information content (AvgIpc) is 1.85. The van der Waals surface area contributed by atoms with Crippen LogP contribution in [0.25, 0.3) is 0 Å². The van der Waals surface area contributed by atoms with E-state index in [9.17, 15) is 8.42 Å². The minimum absolute atomic E-state index is 0.0169. The van der Waals surface area contributed by atoms with Crippen LogP contribution in [0.1, 0.15) is 13.3 Å². The summed E-state index contributed by atoms with van der Waals surface area (Å²) in [5.41, 5.74) is 5.11. The molecule has 0 aliphatic carbocycles. The van der Waals surface area contributed by atoms with Gasteiger partial charge in [0.25, 0.3) is 10.1 Å². The molecule has 0 saturated heterocycles. The Hall–Kier alpha value is -0.330. The maximum atomic E-state index is 10.4. The molecule has 0 aliphatic heterocycles. The molecule has 0 rings (SSSR count). The van der Waals surface area contributed by atoms with E-state index in [0.29, 0.717) is 0 Å². The zero-order valence-corrected chi connectivity index (χ0v) is 7.43. The van der Waals surface area contributed by atoms with E-state index in [1.54, 1.807) is 0 Å². The van der Waals surface area contributed by atoms with Crippen LogP contribution in [0.2, 0.25) is 0 Å². The summed E-state index contributed by atoms with van der Waals surface area (Å²) in [6.45, 7) is 1.31. The Kier molecular flexibility index (Phi) is 3.77. The van der Waals surface area contributed by atoms with E-state index >= 15 is 0 Å². The van der Waals surface area contributed by atoms with Crippen LogP contribution >= 0.6 is 11.8 Å². The van der Waals surface area contributed by atoms with Crippen molar-refractivity contribution in [3.05, 3.63) is 0 Å². The highest BCUT2D eigenvalue weighted by molar-refractivity contribution is 7.86. The van der Waals surface area contributed by atoms with Gasteiger partial charge in [-0.2, -0.15) is 12.9 Å². The lowest BCUT2D eigenvalue weighted by atomic mass is 10.3. The topological polar surface area (TPSA) is 92.8 Å². The first kappa shape index (κ1) is 10.7. The van der Waals surface area contributed by atoms with Crippen molar-refractivity contribution >= 4 is 27.7 Å². The first-order valence-electron chi connectivity index (χ1n) is 2.77. The van der Waals surface area contributed by atoms with Gasteiger partial charge >= 0.3 is 0 Å². The number of halogens is 1. The summed E-state index contributed by atoms with van der Waals surface area (Å²) in [5.74, 6) is -0.0169. The highest BCUT2D eigenvalue weighted by Gasteiger charge is 2.18. The van der Waals surface area contributed by atoms with Crippen molar-refractivity contribution in [2.75, 3.05) is 0 Å². The van der Waals surface area contributed by atoms with Crippen molar-refractivity contribution in [2.45, 2.75) is 18.6 Å². The normalized spacial score (nSPS) is 16.5. The summed E-state index contributed by atoms with van der Waals surface area (Å²) >= 11 is 4.93. The molecule has 0 fully saturated rings. The predicted molar refractivity (Wildman–Crippen MR) is 43.1 cm³/mol. The van der Waals surface area contributed by atoms with Gasteiger partial charge in [0.15, 0.2) is 0 Å². The molecule has 0 aliphatic rings. The molecule has 0 radical (unpaired) electrons. The molecule has 5 nitrogen and oxygen atoms in total. The van der Waals surface area contributed by atoms with Gasteiger partial charge in [0.2, 0.25) is 0 Å². The van der Waals surface area contributed by atoms with Gasteiger partial charge in [-0.1, -0.05) is 0 Å². The van der Waals surface area contributed by atoms with E-state index < -0.39 is 15.4 Å². The van der Waals surface area contributed by atoms with E-state index in [1.807, 2.05) is 0 Å². The highest BCUT2D eigenvalue weighted by Crippen LogP contribution is 2.02. The third-order valence-corrected chi connectivity index (χ3v) is 2.51. The van der Waals surface area contributed by atoms with Crippen molar-refractivity contribution in [1.29, 1.82) is 0 Å². The number of nitrogens with two attached hydrogens (primary N) is 1. The first-order chi connectivity index (χ1) is 4.88. The fraction of sp³-hybridized carbons (Fsp3) is 0.750. The van der Waals surface area contributed by atoms with Gasteiger partial charge in [-0.15, -0.1) is 0 Å². The van der Waals surface area contributed by atoms with Crippen LogP contribution in [-0.4, -0.2) is 24.1 Å². The lowest BCUT2D eigenvalue weighted by Gasteiger charge is -2.05. The fourth-order valence-electron chi connectivity index (χ4n) is 0.434. The lowest BCUT2D eigenvalue weighted by Crippen LogP contribution is -2.24. The first-order valence-corrected chi connectivity index (χ1v) is 4.61. The standard InChI is InChI=1S/C4H9ClN2O3S/c1-3(11(8,9)10)2-4(6)7-5/h3H,2H2,1H3,(H2,6,7)(H,8,9,10). The molecule has 66 valence electrons. The van der Waals surface area contributed by atoms with Crippen molar-refractivity contribution in [1.82, 2.24) is 0 Å². The Balaban J connectivity index is 4.21. The van der Waals surface area contributed by atoms with Crippen LogP contribution in [0, 0.1) is 0 Å². The van der Waals surface area contributed by atoms with Crippen LogP contribution in [0.5, 0.6) is 0 Å². The molecule has 11 heavy (non-hydrogen) atoms. The van der Waals surface area contributed by atoms with Gasteiger partial charge in [0.1, 0.15) is 5.84 Å². The van der Waals surface area contributed by atoms with Crippen molar-refractivity contribution in [3.8, 4) is 0 Å². The molecule has 7 heteroatoms. The fourth-order valence-corrected chi connectivity index (χ4v) is 0.885. The average molecular weight is 201 g/mol. The van der Waals surface area contributed by atoms with Gasteiger partial charge in [0, 0.05) is 18.2 Å². The van der Waals surface area contributed by atoms with Gasteiger partial charge in [-0.25, -0.2) is 0 Å². The molecule has 0 aromatic rings.